The SMILES string of the molecule is COC(=O)C(CN)c1cnn2ccccc12. The Morgan fingerprint density at radius 1 is 1.62 bits per heavy atom. The molecule has 0 radical (unpaired) electrons. The van der Waals surface area contributed by atoms with Crippen LogP contribution in [0.3, 0.4) is 0 Å². The Hall–Kier alpha value is -1.88. The lowest BCUT2D eigenvalue weighted by atomic mass is 10.0. The number of nitrogens with zero attached hydrogens (tertiary/aromatic N) is 2. The number of hydrogen-bond acceptors (Lipinski definition) is 4. The summed E-state index contributed by atoms with van der Waals surface area (Å²) in [6.07, 6.45) is 3.48. The van der Waals surface area contributed by atoms with Gasteiger partial charge in [0.05, 0.1) is 24.7 Å². The van der Waals surface area contributed by atoms with E-state index in [0.717, 1.165) is 11.1 Å². The summed E-state index contributed by atoms with van der Waals surface area (Å²) in [5.74, 6) is -0.786. The molecular weight excluding hydrogens is 206 g/mol. The predicted octanol–water partition coefficient (Wildman–Crippen LogP) is 0.550. The van der Waals surface area contributed by atoms with Crippen molar-refractivity contribution in [2.75, 3.05) is 13.7 Å². The maximum atomic E-state index is 11.5. The lowest BCUT2D eigenvalue weighted by Crippen LogP contribution is -2.22. The van der Waals surface area contributed by atoms with Crippen molar-refractivity contribution in [1.82, 2.24) is 9.61 Å². The van der Waals surface area contributed by atoms with Crippen molar-refractivity contribution in [2.24, 2.45) is 5.73 Å². The molecule has 16 heavy (non-hydrogen) atoms. The van der Waals surface area contributed by atoms with Crippen LogP contribution in [0.2, 0.25) is 0 Å². The lowest BCUT2D eigenvalue weighted by molar-refractivity contribution is -0.142. The third-order valence-electron chi connectivity index (χ3n) is 2.55. The maximum absolute atomic E-state index is 11.5. The molecular formula is C11H13N3O2. The molecule has 5 nitrogen and oxygen atoms in total. The molecule has 0 saturated carbocycles. The second-order valence-corrected chi connectivity index (χ2v) is 3.44. The quantitative estimate of drug-likeness (QED) is 0.765. The summed E-state index contributed by atoms with van der Waals surface area (Å²) in [6.45, 7) is 0.211. The number of carbonyl (C=O) groups is 1. The van der Waals surface area contributed by atoms with Gasteiger partial charge in [0.2, 0.25) is 0 Å². The summed E-state index contributed by atoms with van der Waals surface area (Å²) in [7, 11) is 1.36. The minimum absolute atomic E-state index is 0.211. The van der Waals surface area contributed by atoms with Crippen molar-refractivity contribution in [2.45, 2.75) is 5.92 Å². The average Bonchev–Trinajstić information content (AvgIpc) is 2.74. The summed E-state index contributed by atoms with van der Waals surface area (Å²) in [5.41, 5.74) is 7.27. The molecule has 0 bridgehead atoms. The van der Waals surface area contributed by atoms with Crippen molar-refractivity contribution in [3.05, 3.63) is 36.2 Å². The lowest BCUT2D eigenvalue weighted by Gasteiger charge is -2.10. The molecule has 0 spiro atoms. The normalized spacial score (nSPS) is 12.6. The van der Waals surface area contributed by atoms with E-state index < -0.39 is 5.92 Å². The molecule has 0 fully saturated rings. The molecule has 84 valence electrons. The fourth-order valence-corrected chi connectivity index (χ4v) is 1.72. The summed E-state index contributed by atoms with van der Waals surface area (Å²) in [6, 6.07) is 5.67. The van der Waals surface area contributed by atoms with Gasteiger partial charge in [0.1, 0.15) is 0 Å². The van der Waals surface area contributed by atoms with E-state index in [9.17, 15) is 4.79 Å². The number of nitrogens with two attached hydrogens (primary N) is 1. The largest absolute Gasteiger partial charge is 0.469 e. The van der Waals surface area contributed by atoms with Crippen molar-refractivity contribution >= 4 is 11.5 Å². The first kappa shape index (κ1) is 10.6. The van der Waals surface area contributed by atoms with Crippen LogP contribution in [0.4, 0.5) is 0 Å². The Balaban J connectivity index is 2.49. The van der Waals surface area contributed by atoms with Gasteiger partial charge in [-0.25, -0.2) is 4.52 Å². The van der Waals surface area contributed by atoms with Gasteiger partial charge in [0.15, 0.2) is 0 Å². The molecule has 2 rings (SSSR count). The van der Waals surface area contributed by atoms with Gasteiger partial charge < -0.3 is 10.5 Å². The van der Waals surface area contributed by atoms with Crippen LogP contribution in [0.25, 0.3) is 5.52 Å². The number of methoxy groups -OCH3 is 1. The molecule has 2 N–H and O–H groups in total. The van der Waals surface area contributed by atoms with Crippen LogP contribution in [-0.4, -0.2) is 29.2 Å². The van der Waals surface area contributed by atoms with E-state index in [1.165, 1.54) is 7.11 Å². The average molecular weight is 219 g/mol. The molecule has 0 aliphatic carbocycles. The van der Waals surface area contributed by atoms with Crippen molar-refractivity contribution < 1.29 is 9.53 Å². The van der Waals surface area contributed by atoms with E-state index in [-0.39, 0.29) is 12.5 Å². The zero-order chi connectivity index (χ0) is 11.5. The monoisotopic (exact) mass is 219 g/mol. The van der Waals surface area contributed by atoms with E-state index in [2.05, 4.69) is 5.10 Å². The first-order valence-electron chi connectivity index (χ1n) is 4.98. The Bertz CT molecular complexity index is 507. The van der Waals surface area contributed by atoms with Crippen LogP contribution in [0.15, 0.2) is 30.6 Å². The highest BCUT2D eigenvalue weighted by atomic mass is 16.5. The first-order valence-corrected chi connectivity index (χ1v) is 4.98. The zero-order valence-corrected chi connectivity index (χ0v) is 8.96. The van der Waals surface area contributed by atoms with Gasteiger partial charge in [-0.2, -0.15) is 5.10 Å². The molecule has 2 aromatic rings. The second-order valence-electron chi connectivity index (χ2n) is 3.44. The van der Waals surface area contributed by atoms with Gasteiger partial charge in [-0.15, -0.1) is 0 Å². The van der Waals surface area contributed by atoms with Gasteiger partial charge in [0.25, 0.3) is 0 Å². The first-order chi connectivity index (χ1) is 7.77. The summed E-state index contributed by atoms with van der Waals surface area (Å²) < 4.78 is 6.43. The maximum Gasteiger partial charge on any atom is 0.314 e. The Kier molecular flexibility index (Phi) is 2.87. The van der Waals surface area contributed by atoms with Crippen LogP contribution >= 0.6 is 0 Å². The molecule has 2 aromatic heterocycles. The van der Waals surface area contributed by atoms with Crippen molar-refractivity contribution in [3.63, 3.8) is 0 Å². The van der Waals surface area contributed by atoms with Gasteiger partial charge in [0, 0.05) is 18.3 Å². The predicted molar refractivity (Wildman–Crippen MR) is 59.0 cm³/mol. The van der Waals surface area contributed by atoms with Crippen molar-refractivity contribution in [1.29, 1.82) is 0 Å². The van der Waals surface area contributed by atoms with E-state index in [1.807, 2.05) is 24.4 Å². The fourth-order valence-electron chi connectivity index (χ4n) is 1.72. The molecule has 2 heterocycles. The van der Waals surface area contributed by atoms with Gasteiger partial charge in [-0.05, 0) is 12.1 Å². The van der Waals surface area contributed by atoms with Crippen LogP contribution in [0.1, 0.15) is 11.5 Å². The number of ether oxygens (including phenoxy) is 1. The summed E-state index contributed by atoms with van der Waals surface area (Å²) in [4.78, 5) is 11.5. The number of rotatable bonds is 3. The third-order valence-corrected chi connectivity index (χ3v) is 2.55. The molecule has 0 saturated heterocycles. The Morgan fingerprint density at radius 3 is 3.12 bits per heavy atom. The van der Waals surface area contributed by atoms with Gasteiger partial charge in [-0.1, -0.05) is 6.07 Å². The van der Waals surface area contributed by atoms with Crippen LogP contribution in [0.5, 0.6) is 0 Å². The smallest absolute Gasteiger partial charge is 0.314 e. The molecule has 0 aliphatic rings. The van der Waals surface area contributed by atoms with Crippen molar-refractivity contribution in [3.8, 4) is 0 Å². The van der Waals surface area contributed by atoms with Gasteiger partial charge in [-0.3, -0.25) is 4.79 Å². The number of carbonyl (C=O) groups excluding carboxylic acids is 1. The van der Waals surface area contributed by atoms with E-state index in [1.54, 1.807) is 10.7 Å². The Labute approximate surface area is 92.8 Å². The number of fused-ring (bicyclic) bond motifs is 1. The second kappa shape index (κ2) is 4.32. The highest BCUT2D eigenvalue weighted by Gasteiger charge is 2.23. The fraction of sp³-hybridized carbons (Fsp3) is 0.273. The molecule has 1 atom stereocenters. The van der Waals surface area contributed by atoms with Gasteiger partial charge >= 0.3 is 5.97 Å². The van der Waals surface area contributed by atoms with Crippen LogP contribution in [-0.2, 0) is 9.53 Å². The highest BCUT2D eigenvalue weighted by molar-refractivity contribution is 5.81. The molecule has 0 aromatic carbocycles. The standard InChI is InChI=1S/C11H13N3O2/c1-16-11(15)8(6-12)9-7-13-14-5-3-2-4-10(9)14/h2-5,7-8H,6,12H2,1H3. The summed E-state index contributed by atoms with van der Waals surface area (Å²) in [5, 5.41) is 4.16. The number of pyridine rings is 1. The van der Waals surface area contributed by atoms with Crippen LogP contribution in [0, 0.1) is 0 Å². The Morgan fingerprint density at radius 2 is 2.44 bits per heavy atom. The molecule has 0 amide bonds. The number of aromatic nitrogens is 2. The van der Waals surface area contributed by atoms with Crippen LogP contribution < -0.4 is 5.73 Å². The van der Waals surface area contributed by atoms with E-state index in [0.29, 0.717) is 0 Å². The molecule has 0 aliphatic heterocycles. The minimum Gasteiger partial charge on any atom is -0.469 e. The zero-order valence-electron chi connectivity index (χ0n) is 8.96. The minimum atomic E-state index is -0.454. The van der Waals surface area contributed by atoms with E-state index in [4.69, 9.17) is 10.5 Å². The number of esters is 1. The summed E-state index contributed by atoms with van der Waals surface area (Å²) >= 11 is 0. The number of hydrogen-bond donors (Lipinski definition) is 1. The van der Waals surface area contributed by atoms with E-state index >= 15 is 0 Å². The molecule has 1 unspecified atom stereocenters. The molecule has 5 heteroatoms. The third kappa shape index (κ3) is 1.65. The highest BCUT2D eigenvalue weighted by Crippen LogP contribution is 2.21. The topological polar surface area (TPSA) is 69.6 Å².